The van der Waals surface area contributed by atoms with Crippen LogP contribution in [0.25, 0.3) is 0 Å². The molecule has 25 heavy (non-hydrogen) atoms. The maximum atomic E-state index is 11.3. The highest BCUT2D eigenvalue weighted by atomic mass is 32.1. The number of hydrogen-bond donors (Lipinski definition) is 1. The Balaban J connectivity index is 3.06. The largest absolute Gasteiger partial charge is 0.465 e. The van der Waals surface area contributed by atoms with Gasteiger partial charge in [0.2, 0.25) is 0 Å². The lowest BCUT2D eigenvalue weighted by atomic mass is 10.0. The topological polar surface area (TPSA) is 26.3 Å². The monoisotopic (exact) mass is 370 g/mol. The average Bonchev–Trinajstić information content (AvgIpc) is 2.62. The highest BCUT2D eigenvalue weighted by Gasteiger charge is 2.01. The quantitative estimate of drug-likeness (QED) is 0.112. The molecule has 3 heteroatoms. The van der Waals surface area contributed by atoms with Crippen LogP contribution in [0, 0.1) is 0 Å². The van der Waals surface area contributed by atoms with Crippen LogP contribution in [0.1, 0.15) is 110 Å². The van der Waals surface area contributed by atoms with Crippen molar-refractivity contribution in [2.24, 2.45) is 0 Å². The zero-order chi connectivity index (χ0) is 18.4. The molecule has 0 aromatic carbocycles. The summed E-state index contributed by atoms with van der Waals surface area (Å²) in [5, 5.41) is 0. The van der Waals surface area contributed by atoms with E-state index in [1.54, 1.807) is 0 Å². The van der Waals surface area contributed by atoms with Gasteiger partial charge in [0.05, 0.1) is 0 Å². The molecule has 148 valence electrons. The lowest BCUT2D eigenvalue weighted by Gasteiger charge is -2.04. The molecule has 0 aliphatic heterocycles. The first-order chi connectivity index (χ1) is 12.3. The number of allylic oxidation sites excluding steroid dienone is 2. The summed E-state index contributed by atoms with van der Waals surface area (Å²) < 4.78 is 5.00. The number of thiol groups is 1. The molecule has 0 radical (unpaired) electrons. The highest BCUT2D eigenvalue weighted by Crippen LogP contribution is 2.13. The third kappa shape index (κ3) is 21.5. The van der Waals surface area contributed by atoms with Crippen molar-refractivity contribution in [3.05, 3.63) is 12.2 Å². The van der Waals surface area contributed by atoms with E-state index in [2.05, 4.69) is 31.7 Å². The maximum absolute atomic E-state index is 11.3. The molecule has 0 amide bonds. The average molecular weight is 371 g/mol. The van der Waals surface area contributed by atoms with Crippen molar-refractivity contribution in [1.29, 1.82) is 0 Å². The lowest BCUT2D eigenvalue weighted by molar-refractivity contribution is -0.143. The minimum Gasteiger partial charge on any atom is -0.465 e. The maximum Gasteiger partial charge on any atom is 0.305 e. The van der Waals surface area contributed by atoms with Crippen molar-refractivity contribution in [2.75, 3.05) is 12.4 Å². The Labute approximate surface area is 162 Å². The molecule has 0 saturated heterocycles. The van der Waals surface area contributed by atoms with Crippen molar-refractivity contribution in [2.45, 2.75) is 110 Å². The Bertz CT molecular complexity index is 302. The van der Waals surface area contributed by atoms with E-state index in [0.29, 0.717) is 18.8 Å². The Hall–Kier alpha value is -0.440. The fourth-order valence-electron chi connectivity index (χ4n) is 3.05. The summed E-state index contributed by atoms with van der Waals surface area (Å²) in [7, 11) is 0. The zero-order valence-electron chi connectivity index (χ0n) is 16.6. The fourth-order valence-corrected chi connectivity index (χ4v) is 3.14. The fraction of sp³-hybridized carbons (Fsp3) is 0.864. The number of unbranched alkanes of at least 4 members (excludes halogenated alkanes) is 14. The molecule has 0 unspecified atom stereocenters. The van der Waals surface area contributed by atoms with Gasteiger partial charge in [-0.15, -0.1) is 0 Å². The van der Waals surface area contributed by atoms with Gasteiger partial charge >= 0.3 is 5.97 Å². The Morgan fingerprint density at radius 1 is 0.760 bits per heavy atom. The van der Waals surface area contributed by atoms with Crippen LogP contribution in [-0.2, 0) is 9.53 Å². The molecule has 0 fully saturated rings. The van der Waals surface area contributed by atoms with Crippen LogP contribution in [0.5, 0.6) is 0 Å². The molecule has 0 spiro atoms. The van der Waals surface area contributed by atoms with E-state index in [0.717, 1.165) is 12.8 Å². The third-order valence-corrected chi connectivity index (χ3v) is 4.77. The van der Waals surface area contributed by atoms with Crippen LogP contribution >= 0.6 is 12.6 Å². The van der Waals surface area contributed by atoms with Gasteiger partial charge in [-0.25, -0.2) is 0 Å². The summed E-state index contributed by atoms with van der Waals surface area (Å²) in [4.78, 5) is 11.3. The van der Waals surface area contributed by atoms with Crippen LogP contribution < -0.4 is 0 Å². The predicted molar refractivity (Wildman–Crippen MR) is 113 cm³/mol. The van der Waals surface area contributed by atoms with Crippen LogP contribution in [-0.4, -0.2) is 18.3 Å². The summed E-state index contributed by atoms with van der Waals surface area (Å²) in [6.07, 6.45) is 25.0. The van der Waals surface area contributed by atoms with Gasteiger partial charge in [-0.3, -0.25) is 4.79 Å². The molecular weight excluding hydrogens is 328 g/mol. The summed E-state index contributed by atoms with van der Waals surface area (Å²) >= 11 is 4.02. The summed E-state index contributed by atoms with van der Waals surface area (Å²) in [6, 6.07) is 0. The van der Waals surface area contributed by atoms with Gasteiger partial charge in [0.1, 0.15) is 6.61 Å². The van der Waals surface area contributed by atoms with E-state index < -0.39 is 0 Å². The van der Waals surface area contributed by atoms with Gasteiger partial charge in [-0.2, -0.15) is 12.6 Å². The number of esters is 1. The van der Waals surface area contributed by atoms with E-state index in [1.807, 2.05) is 0 Å². The van der Waals surface area contributed by atoms with E-state index in [-0.39, 0.29) is 5.97 Å². The minimum absolute atomic E-state index is 0.0631. The lowest BCUT2D eigenvalue weighted by Crippen LogP contribution is -2.06. The molecular formula is C22H42O2S. The van der Waals surface area contributed by atoms with Gasteiger partial charge < -0.3 is 4.74 Å². The number of hydrogen-bond acceptors (Lipinski definition) is 3. The Kier molecular flexibility index (Phi) is 21.2. The van der Waals surface area contributed by atoms with Crippen molar-refractivity contribution in [1.82, 2.24) is 0 Å². The molecule has 0 aliphatic carbocycles. The van der Waals surface area contributed by atoms with Crippen molar-refractivity contribution < 1.29 is 9.53 Å². The molecule has 0 N–H and O–H groups in total. The molecule has 0 aromatic heterocycles. The normalized spacial score (nSPS) is 11.3. The van der Waals surface area contributed by atoms with E-state index in [9.17, 15) is 4.79 Å². The molecule has 0 saturated carbocycles. The van der Waals surface area contributed by atoms with Gasteiger partial charge in [0.25, 0.3) is 0 Å². The van der Waals surface area contributed by atoms with Gasteiger partial charge in [0, 0.05) is 12.2 Å². The number of ether oxygens (including phenoxy) is 1. The first-order valence-corrected chi connectivity index (χ1v) is 11.3. The second-order valence-electron chi connectivity index (χ2n) is 7.00. The number of carbonyl (C=O) groups excluding carboxylic acids is 1. The van der Waals surface area contributed by atoms with Gasteiger partial charge in [-0.05, 0) is 26.2 Å². The highest BCUT2D eigenvalue weighted by molar-refractivity contribution is 7.80. The Morgan fingerprint density at radius 3 is 1.64 bits per heavy atom. The molecule has 2 nitrogen and oxygen atoms in total. The molecule has 0 bridgehead atoms. The van der Waals surface area contributed by atoms with E-state index in [1.165, 1.54) is 83.5 Å². The minimum atomic E-state index is -0.0631. The SMILES string of the molecule is C/C=C/CCCCCCCCCCCCCCCCC(=O)OCCS. The molecule has 0 atom stereocenters. The first kappa shape index (κ1) is 24.6. The number of rotatable bonds is 19. The summed E-state index contributed by atoms with van der Waals surface area (Å²) in [5.74, 6) is 0.551. The Morgan fingerprint density at radius 2 is 1.20 bits per heavy atom. The van der Waals surface area contributed by atoms with Crippen LogP contribution in [0.15, 0.2) is 12.2 Å². The molecule has 0 heterocycles. The third-order valence-electron chi connectivity index (χ3n) is 4.59. The molecule has 0 aromatic rings. The van der Waals surface area contributed by atoms with E-state index in [4.69, 9.17) is 4.74 Å². The van der Waals surface area contributed by atoms with Crippen LogP contribution in [0.4, 0.5) is 0 Å². The van der Waals surface area contributed by atoms with Gasteiger partial charge in [-0.1, -0.05) is 89.2 Å². The van der Waals surface area contributed by atoms with Crippen molar-refractivity contribution in [3.8, 4) is 0 Å². The van der Waals surface area contributed by atoms with Crippen LogP contribution in [0.3, 0.4) is 0 Å². The smallest absolute Gasteiger partial charge is 0.305 e. The van der Waals surface area contributed by atoms with Crippen LogP contribution in [0.2, 0.25) is 0 Å². The van der Waals surface area contributed by atoms with E-state index >= 15 is 0 Å². The van der Waals surface area contributed by atoms with Gasteiger partial charge in [0.15, 0.2) is 0 Å². The first-order valence-electron chi connectivity index (χ1n) is 10.7. The zero-order valence-corrected chi connectivity index (χ0v) is 17.5. The molecule has 0 rings (SSSR count). The second-order valence-corrected chi connectivity index (χ2v) is 7.45. The van der Waals surface area contributed by atoms with Crippen molar-refractivity contribution in [3.63, 3.8) is 0 Å². The number of carbonyl (C=O) groups is 1. The predicted octanol–water partition coefficient (Wildman–Crippen LogP) is 7.28. The molecule has 0 aliphatic rings. The summed E-state index contributed by atoms with van der Waals surface area (Å²) in [5.41, 5.74) is 0. The van der Waals surface area contributed by atoms with Crippen molar-refractivity contribution >= 4 is 18.6 Å². The second kappa shape index (κ2) is 21.6. The standard InChI is InChI=1S/C22H42O2S/c1-2-3-4-5-6-7-8-9-10-11-12-13-14-15-16-17-18-19-22(23)24-20-21-25/h2-3,25H,4-21H2,1H3/b3-2+. The summed E-state index contributed by atoms with van der Waals surface area (Å²) in [6.45, 7) is 2.55.